The molecule has 4 heterocycles. The number of hydrogen-bond donors (Lipinski definition) is 2. The number of benzene rings is 4. The van der Waals surface area contributed by atoms with Crippen LogP contribution >= 0.6 is 23.4 Å². The summed E-state index contributed by atoms with van der Waals surface area (Å²) >= 11 is 7.65. The van der Waals surface area contributed by atoms with Crippen LogP contribution in [0.25, 0.3) is 11.1 Å². The average Bonchev–Trinajstić information content (AvgIpc) is 3.32. The van der Waals surface area contributed by atoms with Crippen LogP contribution in [-0.2, 0) is 37.6 Å². The van der Waals surface area contributed by atoms with Crippen molar-refractivity contribution in [3.8, 4) is 11.1 Å². The number of nitrogens with one attached hydrogen (secondary N) is 2. The second-order valence-electron chi connectivity index (χ2n) is 16.8. The minimum Gasteiger partial charge on any atom is -0.380 e. The maximum Gasteiger partial charge on any atom is 0.501 e. The zero-order valence-electron chi connectivity index (χ0n) is 36.5. The van der Waals surface area contributed by atoms with Crippen molar-refractivity contribution < 1.29 is 34.7 Å². The molecule has 4 aromatic carbocycles. The third-order valence-electron chi connectivity index (χ3n) is 12.7. The van der Waals surface area contributed by atoms with Gasteiger partial charge in [-0.05, 0) is 91.8 Å². The van der Waals surface area contributed by atoms with E-state index in [1.54, 1.807) is 0 Å². The number of nitrogens with zero attached hydrogens (tertiary/aromatic N) is 5. The predicted molar refractivity (Wildman–Crippen MR) is 253 cm³/mol. The number of fused-ring (bicyclic) bond motifs is 1. The number of halogens is 4. The van der Waals surface area contributed by atoms with Crippen LogP contribution in [0.3, 0.4) is 0 Å². The number of hydrogen-bond acceptors (Lipinski definition) is 12. The highest BCUT2D eigenvalue weighted by atomic mass is 35.5. The molecule has 3 aliphatic rings. The molecular formula is C47H53ClF3N7O5S3. The molecule has 12 nitrogen and oxygen atoms in total. The standard InChI is InChI=1S/C47H53ClF3N7O5S3/c1-33(40-9-5-6-10-41(40)34-11-13-35(48)14-12-34)57-22-18-37(19-23-57)58-24-20-42-44(30-58)52-32-53-46(42)55-66(61,62)39-15-16-43(45(29-39)65(59,60)47(49,50)51)54-36(17-21-56-25-27-63-28-26-56)31-64-38-7-3-2-4-8-38/h2-16,29,32-33,36-37,54H,17-28,30-31H2,1H3,(H,52,53,55). The molecule has 352 valence electrons. The highest BCUT2D eigenvalue weighted by Gasteiger charge is 2.48. The molecular weight excluding hydrogens is 931 g/mol. The Balaban J connectivity index is 0.958. The molecule has 2 saturated heterocycles. The van der Waals surface area contributed by atoms with Gasteiger partial charge in [0, 0.05) is 85.2 Å². The minimum absolute atomic E-state index is 0.00573. The van der Waals surface area contributed by atoms with Crippen molar-refractivity contribution in [1.82, 2.24) is 24.7 Å². The molecule has 66 heavy (non-hydrogen) atoms. The topological polar surface area (TPSA) is 137 Å². The Labute approximate surface area is 394 Å². The summed E-state index contributed by atoms with van der Waals surface area (Å²) in [4.78, 5) is 14.9. The van der Waals surface area contributed by atoms with Crippen LogP contribution in [0.4, 0.5) is 24.7 Å². The van der Waals surface area contributed by atoms with Crippen LogP contribution < -0.4 is 10.0 Å². The minimum atomic E-state index is -6.01. The first-order chi connectivity index (χ1) is 31.7. The number of ether oxygens (including phenoxy) is 1. The van der Waals surface area contributed by atoms with E-state index >= 15 is 0 Å². The zero-order chi connectivity index (χ0) is 46.5. The fraction of sp³-hybridized carbons (Fsp3) is 0.404. The summed E-state index contributed by atoms with van der Waals surface area (Å²) in [5, 5.41) is 3.75. The van der Waals surface area contributed by atoms with Crippen molar-refractivity contribution in [2.45, 2.75) is 77.5 Å². The van der Waals surface area contributed by atoms with Crippen LogP contribution in [0.1, 0.15) is 49.0 Å². The molecule has 0 radical (unpaired) electrons. The molecule has 2 unspecified atom stereocenters. The van der Waals surface area contributed by atoms with Crippen molar-refractivity contribution in [3.63, 3.8) is 0 Å². The van der Waals surface area contributed by atoms with Gasteiger partial charge in [-0.15, -0.1) is 11.8 Å². The van der Waals surface area contributed by atoms with Crippen molar-refractivity contribution >= 4 is 54.7 Å². The third-order valence-corrected chi connectivity index (χ3v) is 17.0. The van der Waals surface area contributed by atoms with Gasteiger partial charge >= 0.3 is 5.51 Å². The molecule has 19 heteroatoms. The van der Waals surface area contributed by atoms with Gasteiger partial charge in [-0.25, -0.2) is 26.8 Å². The summed E-state index contributed by atoms with van der Waals surface area (Å²) < 4.78 is 105. The van der Waals surface area contributed by atoms with E-state index < -0.39 is 41.2 Å². The normalized spacial score (nSPS) is 18.1. The van der Waals surface area contributed by atoms with Crippen molar-refractivity contribution in [2.75, 3.05) is 68.3 Å². The Morgan fingerprint density at radius 2 is 1.59 bits per heavy atom. The van der Waals surface area contributed by atoms with Crippen LogP contribution in [0, 0.1) is 0 Å². The molecule has 1 aromatic heterocycles. The molecule has 3 aliphatic heterocycles. The Kier molecular flexibility index (Phi) is 15.3. The van der Waals surface area contributed by atoms with E-state index in [0.717, 1.165) is 48.5 Å². The Hall–Kier alpha value is -4.27. The molecule has 0 aliphatic carbocycles. The number of likely N-dealkylation sites (tertiary alicyclic amines) is 1. The fourth-order valence-corrected chi connectivity index (χ4v) is 12.2. The van der Waals surface area contributed by atoms with Crippen molar-refractivity contribution in [1.29, 1.82) is 0 Å². The van der Waals surface area contributed by atoms with Gasteiger partial charge in [0.2, 0.25) is 0 Å². The second-order valence-corrected chi connectivity index (χ2v) is 21.9. The molecule has 5 aromatic rings. The summed E-state index contributed by atoms with van der Waals surface area (Å²) in [6, 6.07) is 28.6. The number of thioether (sulfide) groups is 1. The first-order valence-corrected chi connectivity index (χ1v) is 26.4. The Morgan fingerprint density at radius 1 is 0.879 bits per heavy atom. The summed E-state index contributed by atoms with van der Waals surface area (Å²) in [6.07, 6.45) is 4.04. The number of piperidine rings is 1. The lowest BCUT2D eigenvalue weighted by Gasteiger charge is -2.42. The van der Waals surface area contributed by atoms with E-state index in [2.05, 4.69) is 65.9 Å². The van der Waals surface area contributed by atoms with Gasteiger partial charge in [0.1, 0.15) is 17.0 Å². The lowest BCUT2D eigenvalue weighted by molar-refractivity contribution is -0.0435. The Morgan fingerprint density at radius 3 is 2.32 bits per heavy atom. The van der Waals surface area contributed by atoms with E-state index in [-0.39, 0.29) is 23.6 Å². The first kappa shape index (κ1) is 48.2. The van der Waals surface area contributed by atoms with Crippen LogP contribution in [0.2, 0.25) is 5.02 Å². The second kappa shape index (κ2) is 20.9. The molecule has 2 fully saturated rings. The predicted octanol–water partition coefficient (Wildman–Crippen LogP) is 8.77. The quantitative estimate of drug-likeness (QED) is 0.0915. The SMILES string of the molecule is CC(c1ccccc1-c1ccc(Cl)cc1)N1CCC(N2CCc3c(ncnc3NS(=O)(=O)c3ccc(NC(CCN4CCOCC4)CSc4ccccc4)c(S(=O)(=O)C(F)(F)F)c3)C2)CC1. The smallest absolute Gasteiger partial charge is 0.380 e. The molecule has 2 N–H and O–H groups in total. The maximum absolute atomic E-state index is 14.3. The lowest BCUT2D eigenvalue weighted by Crippen LogP contribution is -2.47. The fourth-order valence-electron chi connectivity index (χ4n) is 8.98. The molecule has 0 spiro atoms. The van der Waals surface area contributed by atoms with Gasteiger partial charge in [0.15, 0.2) is 0 Å². The number of morpholine rings is 1. The molecule has 2 atom stereocenters. The van der Waals surface area contributed by atoms with Gasteiger partial charge in [-0.3, -0.25) is 19.4 Å². The van der Waals surface area contributed by atoms with E-state index in [4.69, 9.17) is 16.3 Å². The van der Waals surface area contributed by atoms with E-state index in [9.17, 15) is 30.0 Å². The number of alkyl halides is 3. The van der Waals surface area contributed by atoms with Crippen molar-refractivity contribution in [2.24, 2.45) is 0 Å². The van der Waals surface area contributed by atoms with Gasteiger partial charge in [-0.1, -0.05) is 66.2 Å². The maximum atomic E-state index is 14.3. The van der Waals surface area contributed by atoms with Gasteiger partial charge in [0.25, 0.3) is 19.9 Å². The summed E-state index contributed by atoms with van der Waals surface area (Å²) in [6.45, 7) is 8.23. The molecule has 0 saturated carbocycles. The van der Waals surface area contributed by atoms with E-state index in [1.807, 2.05) is 54.6 Å². The number of sulfone groups is 1. The molecule has 8 rings (SSSR count). The molecule has 0 bridgehead atoms. The average molecular weight is 985 g/mol. The van der Waals surface area contributed by atoms with Crippen LogP contribution in [0.15, 0.2) is 118 Å². The first-order valence-electron chi connectivity index (χ1n) is 22.0. The van der Waals surface area contributed by atoms with Crippen LogP contribution in [0.5, 0.6) is 0 Å². The van der Waals surface area contributed by atoms with Crippen molar-refractivity contribution in [3.05, 3.63) is 125 Å². The molecule has 0 amide bonds. The van der Waals surface area contributed by atoms with Gasteiger partial charge in [-0.2, -0.15) is 13.2 Å². The Bertz CT molecular complexity index is 2670. The summed E-state index contributed by atoms with van der Waals surface area (Å²) in [7, 11) is -10.6. The summed E-state index contributed by atoms with van der Waals surface area (Å²) in [5.74, 6) is 0.406. The number of aromatic nitrogens is 2. The number of anilines is 2. The largest absolute Gasteiger partial charge is 0.501 e. The van der Waals surface area contributed by atoms with E-state index in [1.165, 1.54) is 29.2 Å². The highest BCUT2D eigenvalue weighted by Crippen LogP contribution is 2.38. The summed E-state index contributed by atoms with van der Waals surface area (Å²) in [5.41, 5.74) is -1.26. The van der Waals surface area contributed by atoms with Gasteiger partial charge in [0.05, 0.1) is 29.5 Å². The van der Waals surface area contributed by atoms with Gasteiger partial charge < -0.3 is 10.1 Å². The van der Waals surface area contributed by atoms with E-state index in [0.29, 0.717) is 86.9 Å². The monoisotopic (exact) mass is 983 g/mol. The third kappa shape index (κ3) is 11.3. The van der Waals surface area contributed by atoms with Crippen LogP contribution in [-0.4, -0.2) is 117 Å². The zero-order valence-corrected chi connectivity index (χ0v) is 39.7. The number of sulfonamides is 1. The lowest BCUT2D eigenvalue weighted by atomic mass is 9.92. The highest BCUT2D eigenvalue weighted by molar-refractivity contribution is 7.99. The number of rotatable bonds is 16.